The van der Waals surface area contributed by atoms with Gasteiger partial charge in [-0.3, -0.25) is 4.79 Å². The maximum absolute atomic E-state index is 17.5. The van der Waals surface area contributed by atoms with E-state index in [1.165, 1.54) is 19.1 Å². The molecule has 2 N–H and O–H groups in total. The average molecular weight is 589 g/mol. The number of fused-ring (bicyclic) bond motifs is 5. The number of aliphatic hydroxyl groups is 1. The molecule has 1 unspecified atom stereocenters. The Balaban J connectivity index is 1.20. The highest BCUT2D eigenvalue weighted by Crippen LogP contribution is 2.90. The first kappa shape index (κ1) is 28.5. The lowest BCUT2D eigenvalue weighted by molar-refractivity contribution is -0.227. The number of alkyl halides is 1. The smallest absolute Gasteiger partial charge is 0.478 e. The van der Waals surface area contributed by atoms with Crippen molar-refractivity contribution in [1.29, 1.82) is 0 Å². The number of rotatable bonds is 3. The van der Waals surface area contributed by atoms with E-state index in [0.717, 1.165) is 12.8 Å². The molecule has 0 heterocycles. The van der Waals surface area contributed by atoms with Gasteiger partial charge in [-0.25, -0.2) is 18.4 Å². The highest BCUT2D eigenvalue weighted by atomic mass is 19.1. The average Bonchev–Trinajstić information content (AvgIpc) is 3.71. The number of carbonyl (C=O) groups is 3. The maximum atomic E-state index is 17.5. The van der Waals surface area contributed by atoms with Crippen molar-refractivity contribution in [1.82, 2.24) is 0 Å². The molecule has 5 saturated carbocycles. The second-order valence-electron chi connectivity index (χ2n) is 15.8. The Hall–Kier alpha value is -2.29. The van der Waals surface area contributed by atoms with Crippen LogP contribution in [0.25, 0.3) is 0 Å². The van der Waals surface area contributed by atoms with Crippen molar-refractivity contribution in [3.8, 4) is 0 Å². The fourth-order valence-electron chi connectivity index (χ4n) is 12.2. The van der Waals surface area contributed by atoms with E-state index in [9.17, 15) is 24.6 Å². The third-order valence-electron chi connectivity index (χ3n) is 14.2. The molecule has 1 spiro atoms. The number of allylic oxidation sites excluding steroid dienone is 4. The van der Waals surface area contributed by atoms with Crippen LogP contribution in [0.15, 0.2) is 23.6 Å². The molecule has 13 atom stereocenters. The predicted molar refractivity (Wildman–Crippen MR) is 146 cm³/mol. The molecule has 7 aliphatic carbocycles. The quantitative estimate of drug-likeness (QED) is 0.392. The van der Waals surface area contributed by atoms with Gasteiger partial charge in [-0.05, 0) is 78.8 Å². The van der Waals surface area contributed by atoms with E-state index < -0.39 is 63.9 Å². The molecule has 0 aromatic rings. The van der Waals surface area contributed by atoms with Crippen LogP contribution in [0.1, 0.15) is 80.1 Å². The fourth-order valence-corrected chi connectivity index (χ4v) is 12.2. The van der Waals surface area contributed by atoms with Crippen LogP contribution in [-0.2, 0) is 19.1 Å². The summed E-state index contributed by atoms with van der Waals surface area (Å²) in [5.74, 6) is -3.80. The van der Waals surface area contributed by atoms with Crippen LogP contribution in [0, 0.1) is 57.2 Å². The second kappa shape index (κ2) is 8.05. The summed E-state index contributed by atoms with van der Waals surface area (Å²) in [6.07, 6.45) is 0.589. The maximum Gasteiger partial charge on any atom is 0.509 e. The van der Waals surface area contributed by atoms with E-state index >= 15 is 8.78 Å². The first-order valence-electron chi connectivity index (χ1n) is 15.5. The van der Waals surface area contributed by atoms with Gasteiger partial charge in [-0.2, -0.15) is 0 Å². The highest BCUT2D eigenvalue weighted by Gasteiger charge is 2.86. The van der Waals surface area contributed by atoms with Gasteiger partial charge in [0, 0.05) is 35.5 Å². The summed E-state index contributed by atoms with van der Waals surface area (Å²) >= 11 is 0. The summed E-state index contributed by atoms with van der Waals surface area (Å²) < 4.78 is 45.0. The molecule has 7 rings (SSSR count). The summed E-state index contributed by atoms with van der Waals surface area (Å²) in [5.41, 5.74) is -6.81. The highest BCUT2D eigenvalue weighted by molar-refractivity contribution is 5.93. The van der Waals surface area contributed by atoms with E-state index in [1.807, 2.05) is 0 Å². The molecule has 7 aliphatic rings. The van der Waals surface area contributed by atoms with Gasteiger partial charge < -0.3 is 19.7 Å². The Morgan fingerprint density at radius 2 is 1.76 bits per heavy atom. The van der Waals surface area contributed by atoms with Crippen molar-refractivity contribution < 1.29 is 42.9 Å². The second-order valence-corrected chi connectivity index (χ2v) is 15.8. The van der Waals surface area contributed by atoms with Gasteiger partial charge >= 0.3 is 12.1 Å². The van der Waals surface area contributed by atoms with Gasteiger partial charge in [0.05, 0.1) is 6.10 Å². The summed E-state index contributed by atoms with van der Waals surface area (Å²) in [7, 11) is 0. The van der Waals surface area contributed by atoms with Crippen LogP contribution in [-0.4, -0.2) is 51.6 Å². The molecule has 230 valence electrons. The first-order chi connectivity index (χ1) is 19.4. The standard InChI is InChI=1S/C33H42F2O7/c1-15-9-19-20-12-22(34)21-11-18(36)7-8-29(21,5)32(20,35)24(37)14-30(19,6)33(15,26(38)39)42-27(40)41-23-10-17-13-31(17)25(16(23)2)28(31,3)4/h7-8,15-17,19-20,23-25,37H,9-14H2,1-6H3,(H,38,39)/t15-,16+,17-,19+,20+,23-,24+,25-,29+,30+,31?,32+,33+/m1/s1. The zero-order valence-electron chi connectivity index (χ0n) is 25.2. The minimum atomic E-state index is -2.33. The van der Waals surface area contributed by atoms with Crippen molar-refractivity contribution in [2.24, 2.45) is 57.2 Å². The number of aliphatic hydroxyl groups excluding tert-OH is 1. The van der Waals surface area contributed by atoms with E-state index in [-0.39, 0.29) is 54.5 Å². The summed E-state index contributed by atoms with van der Waals surface area (Å²) in [6.45, 7) is 11.4. The van der Waals surface area contributed by atoms with Crippen molar-refractivity contribution in [3.05, 3.63) is 23.6 Å². The number of aliphatic carboxylic acids is 1. The Kier molecular flexibility index (Phi) is 5.46. The molecular weight excluding hydrogens is 546 g/mol. The lowest BCUT2D eigenvalue weighted by Gasteiger charge is -2.61. The number of halogens is 2. The number of carboxylic acids is 1. The van der Waals surface area contributed by atoms with Crippen molar-refractivity contribution in [3.63, 3.8) is 0 Å². The van der Waals surface area contributed by atoms with Gasteiger partial charge in [-0.1, -0.05) is 40.7 Å². The molecular formula is C33H42F2O7. The summed E-state index contributed by atoms with van der Waals surface area (Å²) in [5, 5.41) is 22.3. The van der Waals surface area contributed by atoms with Crippen molar-refractivity contribution >= 4 is 17.9 Å². The summed E-state index contributed by atoms with van der Waals surface area (Å²) in [4.78, 5) is 38.8. The molecule has 0 aromatic heterocycles. The van der Waals surface area contributed by atoms with Crippen molar-refractivity contribution in [2.75, 3.05) is 0 Å². The van der Waals surface area contributed by atoms with Gasteiger partial charge in [0.25, 0.3) is 0 Å². The van der Waals surface area contributed by atoms with Crippen molar-refractivity contribution in [2.45, 2.75) is 104 Å². The van der Waals surface area contributed by atoms with E-state index in [4.69, 9.17) is 9.47 Å². The number of hydrogen-bond donors (Lipinski definition) is 2. The van der Waals surface area contributed by atoms with Crippen LogP contribution in [0.3, 0.4) is 0 Å². The van der Waals surface area contributed by atoms with E-state index in [0.29, 0.717) is 17.3 Å². The number of hydrogen-bond acceptors (Lipinski definition) is 6. The number of ketones is 1. The zero-order chi connectivity index (χ0) is 30.6. The van der Waals surface area contributed by atoms with Gasteiger partial charge in [-0.15, -0.1) is 0 Å². The molecule has 7 nitrogen and oxygen atoms in total. The van der Waals surface area contributed by atoms with Crippen LogP contribution in [0.5, 0.6) is 0 Å². The number of ether oxygens (including phenoxy) is 2. The molecule has 5 fully saturated rings. The van der Waals surface area contributed by atoms with E-state index in [1.54, 1.807) is 13.8 Å². The van der Waals surface area contributed by atoms with Gasteiger partial charge in [0.1, 0.15) is 11.9 Å². The molecule has 42 heavy (non-hydrogen) atoms. The SMILES string of the molecule is C[C@@H]1[C@@H]2C(C)(C)C23C[C@H]3C[C@H]1OC(=O)O[C@]1(C(=O)O)[C@H](C)C[C@H]2[C@@H]3CC(F)=C4CC(=O)C=C[C@]4(C)[C@@]3(F)[C@@H](O)C[C@@]21C. The largest absolute Gasteiger partial charge is 0.509 e. The Labute approximate surface area is 245 Å². The minimum Gasteiger partial charge on any atom is -0.478 e. The minimum absolute atomic E-state index is 0.0481. The number of carbonyl (C=O) groups excluding carboxylic acids is 2. The third kappa shape index (κ3) is 2.93. The Bertz CT molecular complexity index is 1370. The molecule has 0 saturated heterocycles. The van der Waals surface area contributed by atoms with Crippen LogP contribution in [0.4, 0.5) is 13.6 Å². The third-order valence-corrected chi connectivity index (χ3v) is 14.2. The fraction of sp³-hybridized carbons (Fsp3) is 0.788. The molecule has 0 aliphatic heterocycles. The normalized spacial score (nSPS) is 54.5. The molecule has 0 bridgehead atoms. The van der Waals surface area contributed by atoms with E-state index in [2.05, 4.69) is 20.8 Å². The van der Waals surface area contributed by atoms with Gasteiger partial charge in [0.15, 0.2) is 11.5 Å². The van der Waals surface area contributed by atoms with Crippen LogP contribution < -0.4 is 0 Å². The lowest BCUT2D eigenvalue weighted by atomic mass is 9.45. The lowest BCUT2D eigenvalue weighted by Crippen LogP contribution is -2.69. The molecule has 0 radical (unpaired) electrons. The molecule has 9 heteroatoms. The molecule has 0 aromatic carbocycles. The van der Waals surface area contributed by atoms with Gasteiger partial charge in [0.2, 0.25) is 5.60 Å². The Morgan fingerprint density at radius 1 is 1.07 bits per heavy atom. The predicted octanol–water partition coefficient (Wildman–Crippen LogP) is 5.95. The monoisotopic (exact) mass is 588 g/mol. The van der Waals surface area contributed by atoms with Crippen LogP contribution in [0.2, 0.25) is 0 Å². The number of carboxylic acid groups (broad SMARTS) is 1. The molecule has 0 amide bonds. The first-order valence-corrected chi connectivity index (χ1v) is 15.5. The summed E-state index contributed by atoms with van der Waals surface area (Å²) in [6, 6.07) is 0. The zero-order valence-corrected chi connectivity index (χ0v) is 25.2. The van der Waals surface area contributed by atoms with Crippen LogP contribution >= 0.6 is 0 Å². The topological polar surface area (TPSA) is 110 Å². The Morgan fingerprint density at radius 3 is 2.43 bits per heavy atom.